The Bertz CT molecular complexity index is 926. The summed E-state index contributed by atoms with van der Waals surface area (Å²) in [5, 5.41) is 13.3. The molecule has 0 bridgehead atoms. The summed E-state index contributed by atoms with van der Waals surface area (Å²) >= 11 is 0. The Morgan fingerprint density at radius 3 is 2.75 bits per heavy atom. The number of hydrogen-bond donors (Lipinski definition) is 3. The predicted octanol–water partition coefficient (Wildman–Crippen LogP) is 3.96. The van der Waals surface area contributed by atoms with Gasteiger partial charge in [0.1, 0.15) is 12.1 Å². The first-order valence-corrected chi connectivity index (χ1v) is 8.74. The van der Waals surface area contributed by atoms with Gasteiger partial charge < -0.3 is 10.6 Å². The SMILES string of the molecule is CN=C(NCc1cccc(-c2ncn[nH]2)c1)NC(C)c1ccc(C)c(F)c1.I. The van der Waals surface area contributed by atoms with E-state index in [0.717, 1.165) is 22.5 Å². The van der Waals surface area contributed by atoms with Crippen LogP contribution in [0.4, 0.5) is 4.39 Å². The van der Waals surface area contributed by atoms with E-state index < -0.39 is 0 Å². The van der Waals surface area contributed by atoms with Crippen molar-refractivity contribution in [3.05, 3.63) is 71.3 Å². The molecule has 0 radical (unpaired) electrons. The molecule has 0 aliphatic carbocycles. The van der Waals surface area contributed by atoms with Crippen LogP contribution in [-0.2, 0) is 6.54 Å². The summed E-state index contributed by atoms with van der Waals surface area (Å²) < 4.78 is 13.8. The summed E-state index contributed by atoms with van der Waals surface area (Å²) in [7, 11) is 1.71. The maximum atomic E-state index is 13.8. The zero-order valence-electron chi connectivity index (χ0n) is 16.0. The van der Waals surface area contributed by atoms with Gasteiger partial charge in [-0.3, -0.25) is 10.1 Å². The minimum absolute atomic E-state index is 0. The van der Waals surface area contributed by atoms with E-state index >= 15 is 0 Å². The van der Waals surface area contributed by atoms with E-state index in [1.807, 2.05) is 37.3 Å². The summed E-state index contributed by atoms with van der Waals surface area (Å²) in [5.74, 6) is 1.18. The third kappa shape index (κ3) is 5.51. The molecule has 0 aliphatic rings. The maximum absolute atomic E-state index is 13.8. The fourth-order valence-corrected chi connectivity index (χ4v) is 2.72. The fourth-order valence-electron chi connectivity index (χ4n) is 2.72. The van der Waals surface area contributed by atoms with Crippen LogP contribution in [0.15, 0.2) is 53.8 Å². The van der Waals surface area contributed by atoms with Crippen molar-refractivity contribution in [3.8, 4) is 11.4 Å². The number of aliphatic imine (C=N–C) groups is 1. The largest absolute Gasteiger partial charge is 0.352 e. The first-order valence-electron chi connectivity index (χ1n) is 8.74. The standard InChI is InChI=1S/C20H23FN6.HI/c1-13-7-8-16(10-18(13)21)14(2)26-20(22-3)23-11-15-5-4-6-17(9-15)19-24-12-25-27-19;/h4-10,12,14H,11H2,1-3H3,(H2,22,23,26)(H,24,25,27);1H. The van der Waals surface area contributed by atoms with Crippen molar-refractivity contribution in [2.24, 2.45) is 4.99 Å². The molecule has 3 rings (SSSR count). The quantitative estimate of drug-likeness (QED) is 0.285. The van der Waals surface area contributed by atoms with Gasteiger partial charge in [0.2, 0.25) is 0 Å². The Hall–Kier alpha value is -2.49. The molecule has 1 unspecified atom stereocenters. The smallest absolute Gasteiger partial charge is 0.191 e. The molecule has 0 fully saturated rings. The fraction of sp³-hybridized carbons (Fsp3) is 0.250. The van der Waals surface area contributed by atoms with Crippen molar-refractivity contribution in [1.82, 2.24) is 25.8 Å². The molecular weight excluding hydrogens is 470 g/mol. The molecule has 2 aromatic carbocycles. The van der Waals surface area contributed by atoms with Gasteiger partial charge in [0.05, 0.1) is 6.04 Å². The lowest BCUT2D eigenvalue weighted by Gasteiger charge is -2.19. The second-order valence-corrected chi connectivity index (χ2v) is 6.33. The van der Waals surface area contributed by atoms with Gasteiger partial charge in [-0.05, 0) is 42.7 Å². The Morgan fingerprint density at radius 2 is 2.07 bits per heavy atom. The van der Waals surface area contributed by atoms with Crippen LogP contribution in [0.5, 0.6) is 0 Å². The van der Waals surface area contributed by atoms with Crippen LogP contribution in [-0.4, -0.2) is 28.2 Å². The number of hydrogen-bond acceptors (Lipinski definition) is 3. The van der Waals surface area contributed by atoms with Gasteiger partial charge in [-0.2, -0.15) is 5.10 Å². The number of benzene rings is 2. The van der Waals surface area contributed by atoms with E-state index in [4.69, 9.17) is 0 Å². The average molecular weight is 494 g/mol. The Labute approximate surface area is 181 Å². The van der Waals surface area contributed by atoms with Crippen LogP contribution in [0.2, 0.25) is 0 Å². The van der Waals surface area contributed by atoms with Gasteiger partial charge in [-0.15, -0.1) is 24.0 Å². The summed E-state index contributed by atoms with van der Waals surface area (Å²) in [4.78, 5) is 8.42. The van der Waals surface area contributed by atoms with E-state index in [9.17, 15) is 4.39 Å². The molecule has 8 heteroatoms. The zero-order valence-corrected chi connectivity index (χ0v) is 18.4. The minimum Gasteiger partial charge on any atom is -0.352 e. The molecule has 3 aromatic rings. The van der Waals surface area contributed by atoms with Crippen LogP contribution in [0.3, 0.4) is 0 Å². The van der Waals surface area contributed by atoms with E-state index in [-0.39, 0.29) is 35.8 Å². The van der Waals surface area contributed by atoms with Crippen molar-refractivity contribution in [2.45, 2.75) is 26.4 Å². The summed E-state index contributed by atoms with van der Waals surface area (Å²) in [6.45, 7) is 4.32. The molecular formula is C20H24FIN6. The normalized spacial score (nSPS) is 12.2. The van der Waals surface area contributed by atoms with E-state index in [1.54, 1.807) is 26.1 Å². The summed E-state index contributed by atoms with van der Waals surface area (Å²) in [6, 6.07) is 13.2. The molecule has 0 saturated heterocycles. The minimum atomic E-state index is -0.201. The van der Waals surface area contributed by atoms with Crippen molar-refractivity contribution < 1.29 is 4.39 Å². The van der Waals surface area contributed by atoms with Gasteiger partial charge in [-0.25, -0.2) is 9.37 Å². The first-order chi connectivity index (χ1) is 13.1. The number of nitrogens with zero attached hydrogens (tertiary/aromatic N) is 3. The number of guanidine groups is 1. The van der Waals surface area contributed by atoms with E-state index in [2.05, 4.69) is 30.8 Å². The Morgan fingerprint density at radius 1 is 1.25 bits per heavy atom. The molecule has 1 aromatic heterocycles. The number of aromatic nitrogens is 3. The molecule has 1 heterocycles. The average Bonchev–Trinajstić information content (AvgIpc) is 3.22. The number of aryl methyl sites for hydroxylation is 1. The van der Waals surface area contributed by atoms with Gasteiger partial charge >= 0.3 is 0 Å². The lowest BCUT2D eigenvalue weighted by atomic mass is 10.1. The van der Waals surface area contributed by atoms with Crippen LogP contribution in [0.25, 0.3) is 11.4 Å². The highest BCUT2D eigenvalue weighted by atomic mass is 127. The van der Waals surface area contributed by atoms with Gasteiger partial charge in [0.25, 0.3) is 0 Å². The molecule has 0 saturated carbocycles. The molecule has 0 amide bonds. The van der Waals surface area contributed by atoms with Crippen molar-refractivity contribution in [1.29, 1.82) is 0 Å². The number of H-pyrrole nitrogens is 1. The number of halogens is 2. The molecule has 28 heavy (non-hydrogen) atoms. The first kappa shape index (κ1) is 21.8. The van der Waals surface area contributed by atoms with E-state index in [1.165, 1.54) is 6.33 Å². The summed E-state index contributed by atoms with van der Waals surface area (Å²) in [5.41, 5.74) is 3.56. The lowest BCUT2D eigenvalue weighted by Crippen LogP contribution is -2.38. The second-order valence-electron chi connectivity index (χ2n) is 6.33. The highest BCUT2D eigenvalue weighted by Gasteiger charge is 2.10. The molecule has 6 nitrogen and oxygen atoms in total. The molecule has 148 valence electrons. The van der Waals surface area contributed by atoms with Crippen molar-refractivity contribution in [2.75, 3.05) is 7.05 Å². The second kappa shape index (κ2) is 10.2. The number of aromatic amines is 1. The Balaban J connectivity index is 0.00000280. The van der Waals surface area contributed by atoms with E-state index in [0.29, 0.717) is 18.1 Å². The van der Waals surface area contributed by atoms with Crippen molar-refractivity contribution in [3.63, 3.8) is 0 Å². The van der Waals surface area contributed by atoms with Crippen molar-refractivity contribution >= 4 is 29.9 Å². The molecule has 3 N–H and O–H groups in total. The highest BCUT2D eigenvalue weighted by Crippen LogP contribution is 2.17. The maximum Gasteiger partial charge on any atom is 0.191 e. The predicted molar refractivity (Wildman–Crippen MR) is 120 cm³/mol. The van der Waals surface area contributed by atoms with Gasteiger partial charge in [0, 0.05) is 19.2 Å². The van der Waals surface area contributed by atoms with Crippen LogP contribution < -0.4 is 10.6 Å². The highest BCUT2D eigenvalue weighted by molar-refractivity contribution is 14.0. The van der Waals surface area contributed by atoms with Gasteiger partial charge in [0.15, 0.2) is 11.8 Å². The monoisotopic (exact) mass is 494 g/mol. The number of nitrogens with one attached hydrogen (secondary N) is 3. The topological polar surface area (TPSA) is 78.0 Å². The zero-order chi connectivity index (χ0) is 19.2. The third-order valence-electron chi connectivity index (χ3n) is 4.35. The summed E-state index contributed by atoms with van der Waals surface area (Å²) in [6.07, 6.45) is 1.49. The molecule has 1 atom stereocenters. The molecule has 0 spiro atoms. The van der Waals surface area contributed by atoms with Crippen LogP contribution >= 0.6 is 24.0 Å². The van der Waals surface area contributed by atoms with Gasteiger partial charge in [-0.1, -0.05) is 30.3 Å². The third-order valence-corrected chi connectivity index (χ3v) is 4.35. The lowest BCUT2D eigenvalue weighted by molar-refractivity contribution is 0.607. The van der Waals surface area contributed by atoms with Crippen LogP contribution in [0.1, 0.15) is 29.7 Å². The number of rotatable bonds is 5. The van der Waals surface area contributed by atoms with Crippen LogP contribution in [0, 0.1) is 12.7 Å². The Kier molecular flexibility index (Phi) is 7.91. The molecule has 0 aliphatic heterocycles.